The molecular formula is C10H18F2O3. The van der Waals surface area contributed by atoms with E-state index >= 15 is 0 Å². The van der Waals surface area contributed by atoms with Crippen molar-refractivity contribution in [1.29, 1.82) is 0 Å². The summed E-state index contributed by atoms with van der Waals surface area (Å²) in [7, 11) is 0. The number of halogens is 2. The minimum Gasteiger partial charge on any atom is -0.393 e. The first-order valence-electron chi connectivity index (χ1n) is 5.32. The van der Waals surface area contributed by atoms with E-state index in [1.807, 2.05) is 0 Å². The van der Waals surface area contributed by atoms with E-state index in [1.165, 1.54) is 0 Å². The summed E-state index contributed by atoms with van der Waals surface area (Å²) in [6, 6.07) is 0. The molecule has 0 bridgehead atoms. The molecule has 1 unspecified atom stereocenters. The van der Waals surface area contributed by atoms with Crippen LogP contribution < -0.4 is 0 Å². The van der Waals surface area contributed by atoms with Crippen LogP contribution in [0.15, 0.2) is 0 Å². The average molecular weight is 224 g/mol. The zero-order valence-corrected chi connectivity index (χ0v) is 8.70. The maximum Gasteiger partial charge on any atom is 0.261 e. The monoisotopic (exact) mass is 224 g/mol. The van der Waals surface area contributed by atoms with Crippen molar-refractivity contribution in [3.8, 4) is 0 Å². The van der Waals surface area contributed by atoms with E-state index in [1.54, 1.807) is 0 Å². The number of ether oxygens (including phenoxy) is 2. The van der Waals surface area contributed by atoms with Crippen LogP contribution in [0.1, 0.15) is 19.3 Å². The molecular weight excluding hydrogens is 206 g/mol. The first kappa shape index (κ1) is 12.8. The molecule has 1 aliphatic heterocycles. The highest BCUT2D eigenvalue weighted by molar-refractivity contribution is 4.71. The van der Waals surface area contributed by atoms with E-state index in [4.69, 9.17) is 9.47 Å². The Morgan fingerprint density at radius 2 is 2.00 bits per heavy atom. The molecule has 1 N–H and O–H groups in total. The summed E-state index contributed by atoms with van der Waals surface area (Å²) in [4.78, 5) is 0. The minimum absolute atomic E-state index is 0.197. The topological polar surface area (TPSA) is 38.7 Å². The summed E-state index contributed by atoms with van der Waals surface area (Å²) in [5, 5.41) is 9.72. The lowest BCUT2D eigenvalue weighted by atomic mass is 9.92. The molecule has 1 fully saturated rings. The number of hydrogen-bond acceptors (Lipinski definition) is 3. The molecule has 1 saturated heterocycles. The zero-order chi connectivity index (χ0) is 11.1. The van der Waals surface area contributed by atoms with Crippen LogP contribution in [0.5, 0.6) is 0 Å². The third-order valence-electron chi connectivity index (χ3n) is 2.61. The van der Waals surface area contributed by atoms with Gasteiger partial charge < -0.3 is 14.6 Å². The van der Waals surface area contributed by atoms with E-state index < -0.39 is 19.1 Å². The van der Waals surface area contributed by atoms with Gasteiger partial charge in [0.25, 0.3) is 6.43 Å². The number of aliphatic hydroxyl groups is 1. The number of hydrogen-bond donors (Lipinski definition) is 1. The van der Waals surface area contributed by atoms with Gasteiger partial charge in [-0.25, -0.2) is 8.78 Å². The molecule has 0 aliphatic carbocycles. The predicted octanol–water partition coefficient (Wildman–Crippen LogP) is 1.45. The Morgan fingerprint density at radius 3 is 2.60 bits per heavy atom. The van der Waals surface area contributed by atoms with Gasteiger partial charge in [-0.1, -0.05) is 0 Å². The van der Waals surface area contributed by atoms with E-state index in [-0.39, 0.29) is 12.5 Å². The predicted molar refractivity (Wildman–Crippen MR) is 51.0 cm³/mol. The van der Waals surface area contributed by atoms with Crippen LogP contribution in [0.25, 0.3) is 0 Å². The molecule has 90 valence electrons. The summed E-state index contributed by atoms with van der Waals surface area (Å²) in [6.45, 7) is 1.02. The lowest BCUT2D eigenvalue weighted by Gasteiger charge is -2.26. The fourth-order valence-electron chi connectivity index (χ4n) is 1.71. The van der Waals surface area contributed by atoms with Gasteiger partial charge in [0.15, 0.2) is 0 Å². The minimum atomic E-state index is -2.43. The van der Waals surface area contributed by atoms with Gasteiger partial charge in [0.05, 0.1) is 6.10 Å². The molecule has 3 nitrogen and oxygen atoms in total. The summed E-state index contributed by atoms with van der Waals surface area (Å²) < 4.78 is 33.3. The summed E-state index contributed by atoms with van der Waals surface area (Å²) in [5.41, 5.74) is 0. The van der Waals surface area contributed by atoms with E-state index in [0.29, 0.717) is 19.6 Å². The number of aliphatic hydroxyl groups excluding tert-OH is 1. The fourth-order valence-corrected chi connectivity index (χ4v) is 1.71. The second-order valence-electron chi connectivity index (χ2n) is 3.77. The van der Waals surface area contributed by atoms with Gasteiger partial charge in [0.2, 0.25) is 0 Å². The zero-order valence-electron chi connectivity index (χ0n) is 8.70. The van der Waals surface area contributed by atoms with Crippen molar-refractivity contribution < 1.29 is 23.4 Å². The smallest absolute Gasteiger partial charge is 0.261 e. The van der Waals surface area contributed by atoms with Gasteiger partial charge in [-0.15, -0.1) is 0 Å². The maximum atomic E-state index is 11.7. The Labute approximate surface area is 88.4 Å². The Hall–Kier alpha value is -0.260. The quantitative estimate of drug-likeness (QED) is 0.694. The molecule has 0 amide bonds. The van der Waals surface area contributed by atoms with Crippen LogP contribution in [0.3, 0.4) is 0 Å². The maximum absolute atomic E-state index is 11.7. The molecule has 1 heterocycles. The van der Waals surface area contributed by atoms with Gasteiger partial charge in [-0.3, -0.25) is 0 Å². The van der Waals surface area contributed by atoms with Crippen molar-refractivity contribution in [1.82, 2.24) is 0 Å². The third-order valence-corrected chi connectivity index (χ3v) is 2.61. The highest BCUT2D eigenvalue weighted by Crippen LogP contribution is 2.20. The summed E-state index contributed by atoms with van der Waals surface area (Å²) in [6.07, 6.45) is -0.763. The molecule has 0 aromatic heterocycles. The van der Waals surface area contributed by atoms with Gasteiger partial charge >= 0.3 is 0 Å². The number of rotatable bonds is 6. The lowest BCUT2D eigenvalue weighted by Crippen LogP contribution is -2.28. The van der Waals surface area contributed by atoms with Gasteiger partial charge in [-0.2, -0.15) is 0 Å². The molecule has 0 aromatic rings. The molecule has 1 rings (SSSR count). The number of alkyl halides is 2. The average Bonchev–Trinajstić information content (AvgIpc) is 2.25. The highest BCUT2D eigenvalue weighted by atomic mass is 19.3. The van der Waals surface area contributed by atoms with Crippen molar-refractivity contribution in [2.75, 3.05) is 26.4 Å². The van der Waals surface area contributed by atoms with Crippen LogP contribution in [0, 0.1) is 5.92 Å². The molecule has 0 aromatic carbocycles. The summed E-state index contributed by atoms with van der Waals surface area (Å²) >= 11 is 0. The van der Waals surface area contributed by atoms with Crippen molar-refractivity contribution in [3.63, 3.8) is 0 Å². The Morgan fingerprint density at radius 1 is 1.33 bits per heavy atom. The van der Waals surface area contributed by atoms with Crippen molar-refractivity contribution >= 4 is 0 Å². The van der Waals surface area contributed by atoms with Crippen LogP contribution in [0.2, 0.25) is 0 Å². The summed E-state index contributed by atoms with van der Waals surface area (Å²) in [5.74, 6) is 0.230. The molecule has 1 atom stereocenters. The van der Waals surface area contributed by atoms with Crippen molar-refractivity contribution in [3.05, 3.63) is 0 Å². The van der Waals surface area contributed by atoms with Crippen LogP contribution >= 0.6 is 0 Å². The molecule has 0 radical (unpaired) electrons. The van der Waals surface area contributed by atoms with Gasteiger partial charge in [0.1, 0.15) is 6.61 Å². The van der Waals surface area contributed by atoms with Crippen molar-refractivity contribution in [2.45, 2.75) is 31.8 Å². The largest absolute Gasteiger partial charge is 0.393 e. The highest BCUT2D eigenvalue weighted by Gasteiger charge is 2.21. The molecule has 1 aliphatic rings. The van der Waals surface area contributed by atoms with Crippen LogP contribution in [-0.2, 0) is 9.47 Å². The molecule has 0 spiro atoms. The van der Waals surface area contributed by atoms with Crippen molar-refractivity contribution in [2.24, 2.45) is 5.92 Å². The second kappa shape index (κ2) is 7.09. The molecule has 0 saturated carbocycles. The van der Waals surface area contributed by atoms with Gasteiger partial charge in [-0.05, 0) is 25.2 Å². The third kappa shape index (κ3) is 5.39. The normalized spacial score (nSPS) is 20.8. The molecule has 5 heteroatoms. The first-order valence-corrected chi connectivity index (χ1v) is 5.32. The molecule has 15 heavy (non-hydrogen) atoms. The SMILES string of the molecule is OC(CCOCC(F)F)C1CCOCC1. The van der Waals surface area contributed by atoms with E-state index in [2.05, 4.69) is 0 Å². The standard InChI is InChI=1S/C10H18F2O3/c11-10(12)7-15-6-3-9(13)8-1-4-14-5-2-8/h8-10,13H,1-7H2. The Balaban J connectivity index is 2.04. The Bertz CT molecular complexity index is 161. The van der Waals surface area contributed by atoms with E-state index in [9.17, 15) is 13.9 Å². The lowest BCUT2D eigenvalue weighted by molar-refractivity contribution is -0.0233. The first-order chi connectivity index (χ1) is 7.20. The second-order valence-corrected chi connectivity index (χ2v) is 3.77. The fraction of sp³-hybridized carbons (Fsp3) is 1.00. The van der Waals surface area contributed by atoms with Crippen LogP contribution in [-0.4, -0.2) is 44.1 Å². The van der Waals surface area contributed by atoms with Gasteiger partial charge in [0, 0.05) is 19.8 Å². The Kier molecular flexibility index (Phi) is 6.05. The van der Waals surface area contributed by atoms with Crippen LogP contribution in [0.4, 0.5) is 8.78 Å². The van der Waals surface area contributed by atoms with E-state index in [0.717, 1.165) is 12.8 Å².